The quantitative estimate of drug-likeness (QED) is 0.834. The van der Waals surface area contributed by atoms with Crippen LogP contribution in [0, 0.1) is 0 Å². The summed E-state index contributed by atoms with van der Waals surface area (Å²) in [6.07, 6.45) is 0.879. The molecule has 1 atom stereocenters. The molecule has 26 heavy (non-hydrogen) atoms. The zero-order valence-corrected chi connectivity index (χ0v) is 16.1. The number of carbonyl (C=O) groups excluding carboxylic acids is 2. The topological polar surface area (TPSA) is 49.4 Å². The van der Waals surface area contributed by atoms with E-state index in [1.54, 1.807) is 24.3 Å². The molecule has 1 fully saturated rings. The zero-order valence-electron chi connectivity index (χ0n) is 14.6. The number of rotatable bonds is 3. The Morgan fingerprint density at radius 1 is 1.12 bits per heavy atom. The number of thioether (sulfide) groups is 1. The molecule has 136 valence electrons. The summed E-state index contributed by atoms with van der Waals surface area (Å²) < 4.78 is 0. The average Bonchev–Trinajstić information content (AvgIpc) is 2.88. The van der Waals surface area contributed by atoms with Crippen molar-refractivity contribution in [1.82, 2.24) is 4.90 Å². The Kier molecular flexibility index (Phi) is 6.22. The van der Waals surface area contributed by atoms with Crippen molar-refractivity contribution < 1.29 is 9.59 Å². The maximum Gasteiger partial charge on any atom is 0.253 e. The fraction of sp³-hybridized carbons (Fsp3) is 0.300. The van der Waals surface area contributed by atoms with Gasteiger partial charge in [-0.3, -0.25) is 9.59 Å². The maximum atomic E-state index is 12.8. The molecule has 0 saturated carbocycles. The Labute approximate surface area is 162 Å². The van der Waals surface area contributed by atoms with Crippen LogP contribution in [-0.2, 0) is 4.79 Å². The lowest BCUT2D eigenvalue weighted by molar-refractivity contribution is -0.114. The van der Waals surface area contributed by atoms with Crippen molar-refractivity contribution in [1.29, 1.82) is 0 Å². The summed E-state index contributed by atoms with van der Waals surface area (Å²) in [6, 6.07) is 15.0. The van der Waals surface area contributed by atoms with Crippen LogP contribution in [0.5, 0.6) is 0 Å². The molecular formula is C20H21ClN2O2S. The van der Waals surface area contributed by atoms with E-state index in [-0.39, 0.29) is 11.8 Å². The molecule has 0 aromatic heterocycles. The maximum absolute atomic E-state index is 12.8. The van der Waals surface area contributed by atoms with Crippen LogP contribution in [0.1, 0.15) is 34.5 Å². The summed E-state index contributed by atoms with van der Waals surface area (Å²) >= 11 is 8.18. The first-order valence-corrected chi connectivity index (χ1v) is 10.0. The Hall–Kier alpha value is -1.98. The summed E-state index contributed by atoms with van der Waals surface area (Å²) in [4.78, 5) is 25.8. The van der Waals surface area contributed by atoms with E-state index >= 15 is 0 Å². The zero-order chi connectivity index (χ0) is 18.5. The number of carbonyl (C=O) groups is 2. The van der Waals surface area contributed by atoms with Gasteiger partial charge in [-0.1, -0.05) is 29.8 Å². The van der Waals surface area contributed by atoms with Gasteiger partial charge in [0.2, 0.25) is 5.91 Å². The second kappa shape index (κ2) is 8.60. The molecule has 1 aliphatic rings. The second-order valence-electron chi connectivity index (χ2n) is 6.22. The number of hydrogen-bond acceptors (Lipinski definition) is 3. The predicted octanol–water partition coefficient (Wildman–Crippen LogP) is 4.62. The third-order valence-electron chi connectivity index (χ3n) is 4.33. The normalized spacial score (nSPS) is 17.5. The van der Waals surface area contributed by atoms with Crippen LogP contribution in [-0.4, -0.2) is 35.6 Å². The molecule has 0 radical (unpaired) electrons. The van der Waals surface area contributed by atoms with Crippen molar-refractivity contribution in [3.63, 3.8) is 0 Å². The monoisotopic (exact) mass is 388 g/mol. The highest BCUT2D eigenvalue weighted by atomic mass is 35.5. The van der Waals surface area contributed by atoms with Crippen molar-refractivity contribution in [2.24, 2.45) is 0 Å². The molecule has 0 unspecified atom stereocenters. The number of benzene rings is 2. The minimum atomic E-state index is -0.126. The van der Waals surface area contributed by atoms with Crippen molar-refractivity contribution in [2.45, 2.75) is 18.6 Å². The standard InChI is InChI=1S/C20H21ClN2O2S/c1-14(24)22-16-8-6-15(7-9-16)20(25)23-11-10-19(26-13-12-23)17-4-2-3-5-18(17)21/h2-9,19H,10-13H2,1H3,(H,22,24)/t19-/m1/s1. The van der Waals surface area contributed by atoms with Crippen LogP contribution in [0.3, 0.4) is 0 Å². The molecule has 1 heterocycles. The molecule has 1 N–H and O–H groups in total. The summed E-state index contributed by atoms with van der Waals surface area (Å²) in [7, 11) is 0. The van der Waals surface area contributed by atoms with Gasteiger partial charge in [-0.05, 0) is 42.3 Å². The van der Waals surface area contributed by atoms with E-state index in [0.29, 0.717) is 23.0 Å². The minimum Gasteiger partial charge on any atom is -0.338 e. The fourth-order valence-electron chi connectivity index (χ4n) is 3.04. The molecule has 6 heteroatoms. The van der Waals surface area contributed by atoms with Crippen LogP contribution >= 0.6 is 23.4 Å². The van der Waals surface area contributed by atoms with E-state index in [1.807, 2.05) is 34.9 Å². The van der Waals surface area contributed by atoms with Crippen LogP contribution in [0.15, 0.2) is 48.5 Å². The summed E-state index contributed by atoms with van der Waals surface area (Å²) in [5, 5.41) is 3.81. The summed E-state index contributed by atoms with van der Waals surface area (Å²) in [5.74, 6) is 0.782. The van der Waals surface area contributed by atoms with Gasteiger partial charge in [0.1, 0.15) is 0 Å². The van der Waals surface area contributed by atoms with E-state index in [4.69, 9.17) is 11.6 Å². The summed E-state index contributed by atoms with van der Waals surface area (Å²) in [6.45, 7) is 2.89. The van der Waals surface area contributed by atoms with E-state index in [1.165, 1.54) is 6.92 Å². The van der Waals surface area contributed by atoms with Gasteiger partial charge in [0.25, 0.3) is 5.91 Å². The first-order chi connectivity index (χ1) is 12.5. The van der Waals surface area contributed by atoms with E-state index in [0.717, 1.165) is 29.3 Å². The van der Waals surface area contributed by atoms with Crippen LogP contribution < -0.4 is 5.32 Å². The number of hydrogen-bond donors (Lipinski definition) is 1. The first kappa shape index (κ1) is 18.8. The molecule has 2 aromatic rings. The third-order valence-corrected chi connectivity index (χ3v) is 5.99. The van der Waals surface area contributed by atoms with Gasteiger partial charge >= 0.3 is 0 Å². The predicted molar refractivity (Wildman–Crippen MR) is 108 cm³/mol. The molecule has 1 saturated heterocycles. The lowest BCUT2D eigenvalue weighted by Gasteiger charge is -2.20. The minimum absolute atomic E-state index is 0.0276. The Morgan fingerprint density at radius 3 is 2.54 bits per heavy atom. The van der Waals surface area contributed by atoms with Crippen LogP contribution in [0.25, 0.3) is 0 Å². The third kappa shape index (κ3) is 4.59. The highest BCUT2D eigenvalue weighted by Gasteiger charge is 2.24. The van der Waals surface area contributed by atoms with Gasteiger partial charge in [-0.25, -0.2) is 0 Å². The van der Waals surface area contributed by atoms with Gasteiger partial charge in [0.15, 0.2) is 0 Å². The molecule has 0 aliphatic carbocycles. The Balaban J connectivity index is 1.66. The van der Waals surface area contributed by atoms with Crippen LogP contribution in [0.2, 0.25) is 5.02 Å². The largest absolute Gasteiger partial charge is 0.338 e. The highest BCUT2D eigenvalue weighted by Crippen LogP contribution is 2.37. The first-order valence-electron chi connectivity index (χ1n) is 8.57. The molecule has 4 nitrogen and oxygen atoms in total. The van der Waals surface area contributed by atoms with Crippen LogP contribution in [0.4, 0.5) is 5.69 Å². The number of nitrogens with zero attached hydrogens (tertiary/aromatic N) is 1. The summed E-state index contributed by atoms with van der Waals surface area (Å²) in [5.41, 5.74) is 2.48. The molecule has 2 aromatic carbocycles. The molecule has 3 rings (SSSR count). The number of anilines is 1. The molecule has 2 amide bonds. The van der Waals surface area contributed by atoms with Gasteiger partial charge < -0.3 is 10.2 Å². The van der Waals surface area contributed by atoms with Crippen molar-refractivity contribution >= 4 is 40.9 Å². The molecular weight excluding hydrogens is 368 g/mol. The fourth-order valence-corrected chi connectivity index (χ4v) is 4.64. The second-order valence-corrected chi connectivity index (χ2v) is 7.94. The van der Waals surface area contributed by atoms with Crippen molar-refractivity contribution in [3.05, 3.63) is 64.7 Å². The Morgan fingerprint density at radius 2 is 1.85 bits per heavy atom. The SMILES string of the molecule is CC(=O)Nc1ccc(C(=O)N2CCS[C@@H](c3ccccc3Cl)CC2)cc1. The number of amides is 2. The Bertz CT molecular complexity index is 795. The van der Waals surface area contributed by atoms with E-state index in [2.05, 4.69) is 11.4 Å². The smallest absolute Gasteiger partial charge is 0.253 e. The van der Waals surface area contributed by atoms with Crippen molar-refractivity contribution in [3.8, 4) is 0 Å². The van der Waals surface area contributed by atoms with Gasteiger partial charge in [0, 0.05) is 47.3 Å². The molecule has 0 spiro atoms. The van der Waals surface area contributed by atoms with Gasteiger partial charge in [-0.15, -0.1) is 0 Å². The van der Waals surface area contributed by atoms with E-state index < -0.39 is 0 Å². The lowest BCUT2D eigenvalue weighted by atomic mass is 10.1. The average molecular weight is 389 g/mol. The van der Waals surface area contributed by atoms with Gasteiger partial charge in [-0.2, -0.15) is 11.8 Å². The van der Waals surface area contributed by atoms with E-state index in [9.17, 15) is 9.59 Å². The number of halogens is 1. The molecule has 1 aliphatic heterocycles. The molecule has 0 bridgehead atoms. The highest BCUT2D eigenvalue weighted by molar-refractivity contribution is 7.99. The number of nitrogens with one attached hydrogen (secondary N) is 1. The van der Waals surface area contributed by atoms with Crippen molar-refractivity contribution in [2.75, 3.05) is 24.2 Å². The van der Waals surface area contributed by atoms with Gasteiger partial charge in [0.05, 0.1) is 0 Å². The lowest BCUT2D eigenvalue weighted by Crippen LogP contribution is -2.32.